The Morgan fingerprint density at radius 3 is 1.50 bits per heavy atom. The molecule has 5 nitrogen and oxygen atoms in total. The second kappa shape index (κ2) is 14.4. The summed E-state index contributed by atoms with van der Waals surface area (Å²) in [6.45, 7) is 12.8. The van der Waals surface area contributed by atoms with Gasteiger partial charge in [-0.15, -0.1) is 0 Å². The first kappa shape index (κ1) is 17.4. The Morgan fingerprint density at radius 2 is 1.11 bits per heavy atom. The number of allylic oxidation sites excluding steroid dienone is 1. The first-order valence-electron chi connectivity index (χ1n) is 6.36. The molecule has 0 radical (unpaired) electrons. The fourth-order valence-corrected chi connectivity index (χ4v) is 1.08. The van der Waals surface area contributed by atoms with Crippen molar-refractivity contribution in [1.82, 2.24) is 0 Å². The number of ether oxygens (including phenoxy) is 5. The minimum absolute atomic E-state index is 0.538. The molecule has 0 atom stereocenters. The van der Waals surface area contributed by atoms with Crippen LogP contribution in [0.3, 0.4) is 0 Å². The molecule has 0 spiro atoms. The fraction of sp³-hybridized carbons (Fsp3) is 0.846. The maximum absolute atomic E-state index is 5.32. The number of rotatable bonds is 14. The molecule has 0 rings (SSSR count). The zero-order chi connectivity index (χ0) is 13.5. The summed E-state index contributed by atoms with van der Waals surface area (Å²) in [6.07, 6.45) is 0. The van der Waals surface area contributed by atoms with Crippen molar-refractivity contribution in [2.45, 2.75) is 13.8 Å². The Morgan fingerprint density at radius 1 is 0.722 bits per heavy atom. The summed E-state index contributed by atoms with van der Waals surface area (Å²) in [5.74, 6) is 0.707. The zero-order valence-corrected chi connectivity index (χ0v) is 11.6. The highest BCUT2D eigenvalue weighted by Gasteiger charge is 1.92. The Bertz CT molecular complexity index is 184. The minimum Gasteiger partial charge on any atom is -0.496 e. The van der Waals surface area contributed by atoms with Crippen LogP contribution < -0.4 is 0 Å². The molecular weight excluding hydrogens is 236 g/mol. The van der Waals surface area contributed by atoms with E-state index in [2.05, 4.69) is 6.58 Å². The van der Waals surface area contributed by atoms with Gasteiger partial charge in [0.15, 0.2) is 0 Å². The SMILES string of the molecule is C=C(C)OCCOCCOCCOCCOCC. The van der Waals surface area contributed by atoms with E-state index in [1.807, 2.05) is 13.8 Å². The van der Waals surface area contributed by atoms with Crippen LogP contribution in [0.2, 0.25) is 0 Å². The molecule has 0 aromatic carbocycles. The molecule has 0 aliphatic heterocycles. The molecule has 0 aliphatic rings. The first-order chi connectivity index (χ1) is 8.77. The molecule has 108 valence electrons. The van der Waals surface area contributed by atoms with Gasteiger partial charge in [0.1, 0.15) is 6.61 Å². The summed E-state index contributed by atoms with van der Waals surface area (Å²) in [6, 6.07) is 0. The highest BCUT2D eigenvalue weighted by molar-refractivity contribution is 4.72. The summed E-state index contributed by atoms with van der Waals surface area (Å²) in [5, 5.41) is 0. The average Bonchev–Trinajstić information content (AvgIpc) is 2.34. The third-order valence-corrected chi connectivity index (χ3v) is 1.90. The van der Waals surface area contributed by atoms with Crippen molar-refractivity contribution >= 4 is 0 Å². The predicted molar refractivity (Wildman–Crippen MR) is 69.7 cm³/mol. The fourth-order valence-electron chi connectivity index (χ4n) is 1.08. The number of hydrogen-bond acceptors (Lipinski definition) is 5. The van der Waals surface area contributed by atoms with Gasteiger partial charge in [-0.2, -0.15) is 0 Å². The molecule has 0 N–H and O–H groups in total. The lowest BCUT2D eigenvalue weighted by Crippen LogP contribution is -2.13. The van der Waals surface area contributed by atoms with Crippen LogP contribution in [0.15, 0.2) is 12.3 Å². The normalized spacial score (nSPS) is 10.6. The molecule has 18 heavy (non-hydrogen) atoms. The Hall–Kier alpha value is -0.620. The van der Waals surface area contributed by atoms with E-state index in [-0.39, 0.29) is 0 Å². The van der Waals surface area contributed by atoms with E-state index in [1.165, 1.54) is 0 Å². The lowest BCUT2D eigenvalue weighted by atomic mass is 10.6. The van der Waals surface area contributed by atoms with Gasteiger partial charge in [0.25, 0.3) is 0 Å². The lowest BCUT2D eigenvalue weighted by molar-refractivity contribution is -0.00598. The van der Waals surface area contributed by atoms with E-state index < -0.39 is 0 Å². The van der Waals surface area contributed by atoms with Crippen LogP contribution in [0.4, 0.5) is 0 Å². The molecule has 0 unspecified atom stereocenters. The van der Waals surface area contributed by atoms with Gasteiger partial charge in [-0.3, -0.25) is 0 Å². The maximum atomic E-state index is 5.32. The van der Waals surface area contributed by atoms with Gasteiger partial charge in [-0.05, 0) is 13.8 Å². The van der Waals surface area contributed by atoms with E-state index >= 15 is 0 Å². The van der Waals surface area contributed by atoms with Crippen molar-refractivity contribution in [3.63, 3.8) is 0 Å². The molecule has 0 aromatic heterocycles. The summed E-state index contributed by atoms with van der Waals surface area (Å²) in [4.78, 5) is 0. The van der Waals surface area contributed by atoms with Gasteiger partial charge in [0.2, 0.25) is 0 Å². The molecule has 0 fully saturated rings. The van der Waals surface area contributed by atoms with Crippen molar-refractivity contribution in [3.05, 3.63) is 12.3 Å². The summed E-state index contributed by atoms with van der Waals surface area (Å²) < 4.78 is 26.2. The molecule has 0 aliphatic carbocycles. The van der Waals surface area contributed by atoms with Gasteiger partial charge in [-0.1, -0.05) is 6.58 Å². The van der Waals surface area contributed by atoms with E-state index in [0.29, 0.717) is 58.6 Å². The molecule has 0 bridgehead atoms. The van der Waals surface area contributed by atoms with Gasteiger partial charge >= 0.3 is 0 Å². The predicted octanol–water partition coefficient (Wildman–Crippen LogP) is 1.62. The maximum Gasteiger partial charge on any atom is 0.111 e. The van der Waals surface area contributed by atoms with Crippen LogP contribution in [0.1, 0.15) is 13.8 Å². The first-order valence-corrected chi connectivity index (χ1v) is 6.36. The Balaban J connectivity index is 2.92. The van der Waals surface area contributed by atoms with Crippen LogP contribution in [0, 0.1) is 0 Å². The van der Waals surface area contributed by atoms with Crippen molar-refractivity contribution in [2.24, 2.45) is 0 Å². The molecule has 5 heteroatoms. The molecule has 0 saturated heterocycles. The van der Waals surface area contributed by atoms with Crippen molar-refractivity contribution < 1.29 is 23.7 Å². The molecule has 0 aromatic rings. The van der Waals surface area contributed by atoms with Crippen molar-refractivity contribution in [3.8, 4) is 0 Å². The highest BCUT2D eigenvalue weighted by atomic mass is 16.6. The van der Waals surface area contributed by atoms with Crippen LogP contribution in [-0.2, 0) is 23.7 Å². The topological polar surface area (TPSA) is 46.2 Å². The second-order valence-electron chi connectivity index (χ2n) is 3.58. The molecule has 0 saturated carbocycles. The minimum atomic E-state index is 0.538. The van der Waals surface area contributed by atoms with Gasteiger partial charge < -0.3 is 23.7 Å². The summed E-state index contributed by atoms with van der Waals surface area (Å²) in [7, 11) is 0. The standard InChI is InChI=1S/C13H26O5/c1-4-14-5-6-15-7-8-16-9-10-17-11-12-18-13(2)3/h2,4-12H2,1,3H3. The van der Waals surface area contributed by atoms with E-state index in [0.717, 1.165) is 6.61 Å². The largest absolute Gasteiger partial charge is 0.496 e. The van der Waals surface area contributed by atoms with Gasteiger partial charge in [0.05, 0.1) is 52.0 Å². The molecule has 0 amide bonds. The van der Waals surface area contributed by atoms with Crippen LogP contribution >= 0.6 is 0 Å². The van der Waals surface area contributed by atoms with Crippen molar-refractivity contribution in [2.75, 3.05) is 59.5 Å². The molecular formula is C13H26O5. The molecule has 0 heterocycles. The summed E-state index contributed by atoms with van der Waals surface area (Å²) >= 11 is 0. The van der Waals surface area contributed by atoms with E-state index in [4.69, 9.17) is 23.7 Å². The highest BCUT2D eigenvalue weighted by Crippen LogP contribution is 1.89. The second-order valence-corrected chi connectivity index (χ2v) is 3.58. The lowest BCUT2D eigenvalue weighted by Gasteiger charge is -2.07. The zero-order valence-electron chi connectivity index (χ0n) is 11.6. The van der Waals surface area contributed by atoms with Gasteiger partial charge in [-0.25, -0.2) is 0 Å². The van der Waals surface area contributed by atoms with Crippen molar-refractivity contribution in [1.29, 1.82) is 0 Å². The Labute approximate surface area is 110 Å². The third-order valence-electron chi connectivity index (χ3n) is 1.90. The van der Waals surface area contributed by atoms with E-state index in [1.54, 1.807) is 0 Å². The third kappa shape index (κ3) is 15.4. The average molecular weight is 262 g/mol. The Kier molecular flexibility index (Phi) is 13.9. The van der Waals surface area contributed by atoms with Crippen LogP contribution in [0.25, 0.3) is 0 Å². The smallest absolute Gasteiger partial charge is 0.111 e. The van der Waals surface area contributed by atoms with Gasteiger partial charge in [0, 0.05) is 6.61 Å². The van der Waals surface area contributed by atoms with Crippen LogP contribution in [-0.4, -0.2) is 59.5 Å². The number of hydrogen-bond donors (Lipinski definition) is 0. The monoisotopic (exact) mass is 262 g/mol. The quantitative estimate of drug-likeness (QED) is 0.352. The van der Waals surface area contributed by atoms with E-state index in [9.17, 15) is 0 Å². The van der Waals surface area contributed by atoms with Crippen LogP contribution in [0.5, 0.6) is 0 Å². The summed E-state index contributed by atoms with van der Waals surface area (Å²) in [5.41, 5.74) is 0.